The first-order chi connectivity index (χ1) is 12.1. The summed E-state index contributed by atoms with van der Waals surface area (Å²) in [7, 11) is 0. The summed E-state index contributed by atoms with van der Waals surface area (Å²) < 4.78 is 0. The number of hydrogen-bond acceptors (Lipinski definition) is 5. The van der Waals surface area contributed by atoms with E-state index in [2.05, 4.69) is 15.5 Å². The molecule has 3 rings (SSSR count). The van der Waals surface area contributed by atoms with E-state index in [0.717, 1.165) is 18.6 Å². The second-order valence-electron chi connectivity index (χ2n) is 6.47. The van der Waals surface area contributed by atoms with E-state index in [1.807, 2.05) is 0 Å². The first-order valence-electron chi connectivity index (χ1n) is 8.71. The Balaban J connectivity index is 1.53. The Labute approximate surface area is 146 Å². The van der Waals surface area contributed by atoms with Crippen LogP contribution < -0.4 is 5.43 Å². The summed E-state index contributed by atoms with van der Waals surface area (Å²) in [5, 5.41) is 3.99. The number of pyridine rings is 1. The van der Waals surface area contributed by atoms with Gasteiger partial charge in [-0.2, -0.15) is 5.10 Å². The standard InChI is InChI=1S/C18H22N4O3/c23-16-8-6-14(20-21-16)7-9-17(24)22-11-3-4-13(12-22)18(25)15-5-1-2-10-19-15/h1-2,5,10,13H,3-4,6-9,11-12H2,(H,21,23). The SMILES string of the molecule is O=C1CCC(CCC(=O)N2CCCC(C(=O)c3ccccn3)C2)=NN1. The fourth-order valence-electron chi connectivity index (χ4n) is 3.24. The zero-order valence-electron chi connectivity index (χ0n) is 14.1. The largest absolute Gasteiger partial charge is 0.342 e. The first kappa shape index (κ1) is 17.3. The maximum Gasteiger partial charge on any atom is 0.240 e. The minimum atomic E-state index is -0.182. The zero-order chi connectivity index (χ0) is 17.6. The van der Waals surface area contributed by atoms with Gasteiger partial charge in [-0.3, -0.25) is 19.4 Å². The van der Waals surface area contributed by atoms with E-state index in [-0.39, 0.29) is 23.5 Å². The van der Waals surface area contributed by atoms with Gasteiger partial charge in [0.15, 0.2) is 5.78 Å². The lowest BCUT2D eigenvalue weighted by Crippen LogP contribution is -2.42. The molecule has 1 atom stereocenters. The highest BCUT2D eigenvalue weighted by atomic mass is 16.2. The van der Waals surface area contributed by atoms with Crippen LogP contribution in [0.25, 0.3) is 0 Å². The number of rotatable bonds is 5. The molecule has 2 aliphatic rings. The van der Waals surface area contributed by atoms with E-state index in [1.54, 1.807) is 29.3 Å². The van der Waals surface area contributed by atoms with Crippen molar-refractivity contribution in [1.82, 2.24) is 15.3 Å². The fourth-order valence-corrected chi connectivity index (χ4v) is 3.24. The molecule has 2 amide bonds. The lowest BCUT2D eigenvalue weighted by molar-refractivity contribution is -0.132. The third-order valence-corrected chi connectivity index (χ3v) is 4.67. The molecule has 7 heteroatoms. The molecular formula is C18H22N4O3. The van der Waals surface area contributed by atoms with Gasteiger partial charge in [-0.1, -0.05) is 6.07 Å². The molecule has 1 fully saturated rings. The molecule has 0 radical (unpaired) electrons. The molecule has 1 unspecified atom stereocenters. The van der Waals surface area contributed by atoms with Crippen molar-refractivity contribution in [2.24, 2.45) is 11.0 Å². The van der Waals surface area contributed by atoms with Crippen molar-refractivity contribution in [1.29, 1.82) is 0 Å². The molecular weight excluding hydrogens is 320 g/mol. The highest BCUT2D eigenvalue weighted by Crippen LogP contribution is 2.21. The lowest BCUT2D eigenvalue weighted by atomic mass is 9.91. The van der Waals surface area contributed by atoms with Crippen LogP contribution >= 0.6 is 0 Å². The van der Waals surface area contributed by atoms with Gasteiger partial charge in [-0.15, -0.1) is 0 Å². The number of carbonyl (C=O) groups is 3. The van der Waals surface area contributed by atoms with Crippen LogP contribution in [-0.2, 0) is 9.59 Å². The van der Waals surface area contributed by atoms with Crippen LogP contribution in [0.5, 0.6) is 0 Å². The van der Waals surface area contributed by atoms with Crippen molar-refractivity contribution in [2.45, 2.75) is 38.5 Å². The minimum Gasteiger partial charge on any atom is -0.342 e. The topological polar surface area (TPSA) is 91.7 Å². The number of amides is 2. The van der Waals surface area contributed by atoms with Gasteiger partial charge in [0.1, 0.15) is 5.69 Å². The summed E-state index contributed by atoms with van der Waals surface area (Å²) in [5.74, 6) is -0.212. The third kappa shape index (κ3) is 4.49. The number of aromatic nitrogens is 1. The predicted molar refractivity (Wildman–Crippen MR) is 91.9 cm³/mol. The number of hydrazone groups is 1. The molecule has 7 nitrogen and oxygen atoms in total. The number of ketones is 1. The Kier molecular flexibility index (Phi) is 5.53. The number of Topliss-reactive ketones (excluding diaryl/α,β-unsaturated/α-hetero) is 1. The molecule has 0 bridgehead atoms. The predicted octanol–water partition coefficient (Wildman–Crippen LogP) is 1.55. The maximum absolute atomic E-state index is 12.5. The van der Waals surface area contributed by atoms with Gasteiger partial charge in [0.05, 0.1) is 0 Å². The molecule has 1 saturated heterocycles. The lowest BCUT2D eigenvalue weighted by Gasteiger charge is -2.32. The van der Waals surface area contributed by atoms with E-state index in [4.69, 9.17) is 0 Å². The van der Waals surface area contributed by atoms with Crippen molar-refractivity contribution in [2.75, 3.05) is 13.1 Å². The fraction of sp³-hybridized carbons (Fsp3) is 0.500. The van der Waals surface area contributed by atoms with Gasteiger partial charge >= 0.3 is 0 Å². The summed E-state index contributed by atoms with van der Waals surface area (Å²) >= 11 is 0. The monoisotopic (exact) mass is 342 g/mol. The third-order valence-electron chi connectivity index (χ3n) is 4.67. The number of piperidine rings is 1. The molecule has 2 aliphatic heterocycles. The van der Waals surface area contributed by atoms with Crippen molar-refractivity contribution < 1.29 is 14.4 Å². The van der Waals surface area contributed by atoms with E-state index in [1.165, 1.54) is 0 Å². The van der Waals surface area contributed by atoms with Crippen molar-refractivity contribution in [3.05, 3.63) is 30.1 Å². The van der Waals surface area contributed by atoms with Gasteiger partial charge in [0, 0.05) is 43.8 Å². The van der Waals surface area contributed by atoms with Crippen LogP contribution in [0.1, 0.15) is 49.0 Å². The summed E-state index contributed by atoms with van der Waals surface area (Å²) in [5.41, 5.74) is 3.77. The molecule has 0 spiro atoms. The Morgan fingerprint density at radius 1 is 1.28 bits per heavy atom. The molecule has 3 heterocycles. The Morgan fingerprint density at radius 2 is 2.16 bits per heavy atom. The summed E-state index contributed by atoms with van der Waals surface area (Å²) in [4.78, 5) is 42.0. The minimum absolute atomic E-state index is 0.0115. The maximum atomic E-state index is 12.5. The second kappa shape index (κ2) is 8.00. The second-order valence-corrected chi connectivity index (χ2v) is 6.47. The average molecular weight is 342 g/mol. The van der Waals surface area contributed by atoms with E-state index in [0.29, 0.717) is 44.5 Å². The molecule has 1 aromatic rings. The van der Waals surface area contributed by atoms with Gasteiger partial charge < -0.3 is 4.90 Å². The smallest absolute Gasteiger partial charge is 0.240 e. The van der Waals surface area contributed by atoms with E-state index in [9.17, 15) is 14.4 Å². The van der Waals surface area contributed by atoms with Crippen LogP contribution in [0.2, 0.25) is 0 Å². The molecule has 132 valence electrons. The van der Waals surface area contributed by atoms with Crippen molar-refractivity contribution in [3.8, 4) is 0 Å². The van der Waals surface area contributed by atoms with E-state index >= 15 is 0 Å². The van der Waals surface area contributed by atoms with Crippen LogP contribution in [0, 0.1) is 5.92 Å². The number of likely N-dealkylation sites (tertiary alicyclic amines) is 1. The molecule has 0 saturated carbocycles. The average Bonchev–Trinajstić information content (AvgIpc) is 2.67. The normalized spacial score (nSPS) is 20.6. The summed E-state index contributed by atoms with van der Waals surface area (Å²) in [6.07, 6.45) is 5.18. The Morgan fingerprint density at radius 3 is 2.88 bits per heavy atom. The molecule has 25 heavy (non-hydrogen) atoms. The van der Waals surface area contributed by atoms with Crippen LogP contribution in [0.4, 0.5) is 0 Å². The highest BCUT2D eigenvalue weighted by molar-refractivity contribution is 5.97. The van der Waals surface area contributed by atoms with Crippen molar-refractivity contribution >= 4 is 23.3 Å². The number of nitrogens with zero attached hydrogens (tertiary/aromatic N) is 3. The van der Waals surface area contributed by atoms with Crippen LogP contribution in [0.3, 0.4) is 0 Å². The summed E-state index contributed by atoms with van der Waals surface area (Å²) in [6.45, 7) is 1.14. The number of carbonyl (C=O) groups excluding carboxylic acids is 3. The Hall–Kier alpha value is -2.57. The Bertz CT molecular complexity index is 687. The van der Waals surface area contributed by atoms with Gasteiger partial charge in [0.25, 0.3) is 0 Å². The first-order valence-corrected chi connectivity index (χ1v) is 8.71. The number of nitrogens with one attached hydrogen (secondary N) is 1. The van der Waals surface area contributed by atoms with E-state index < -0.39 is 0 Å². The van der Waals surface area contributed by atoms with Gasteiger partial charge in [-0.05, 0) is 37.8 Å². The molecule has 1 aromatic heterocycles. The van der Waals surface area contributed by atoms with Gasteiger partial charge in [0.2, 0.25) is 11.8 Å². The molecule has 0 aromatic carbocycles. The highest BCUT2D eigenvalue weighted by Gasteiger charge is 2.29. The van der Waals surface area contributed by atoms with Crippen LogP contribution in [0.15, 0.2) is 29.5 Å². The van der Waals surface area contributed by atoms with Crippen LogP contribution in [-0.4, -0.2) is 46.3 Å². The molecule has 1 N–H and O–H groups in total. The van der Waals surface area contributed by atoms with Crippen molar-refractivity contribution in [3.63, 3.8) is 0 Å². The van der Waals surface area contributed by atoms with Gasteiger partial charge in [-0.25, -0.2) is 5.43 Å². The quantitative estimate of drug-likeness (QED) is 0.822. The molecule has 0 aliphatic carbocycles. The summed E-state index contributed by atoms with van der Waals surface area (Å²) in [6, 6.07) is 5.30. The number of hydrogen-bond donors (Lipinski definition) is 1. The zero-order valence-corrected chi connectivity index (χ0v) is 14.1.